The highest BCUT2D eigenvalue weighted by atomic mass is 16.5. The second-order valence-electron chi connectivity index (χ2n) is 4.89. The van der Waals surface area contributed by atoms with E-state index in [0.29, 0.717) is 5.96 Å². The van der Waals surface area contributed by atoms with Gasteiger partial charge in [0.2, 0.25) is 0 Å². The molecular weight excluding hydrogens is 238 g/mol. The van der Waals surface area contributed by atoms with Gasteiger partial charge in [0, 0.05) is 19.6 Å². The highest BCUT2D eigenvalue weighted by Gasteiger charge is 2.11. The summed E-state index contributed by atoms with van der Waals surface area (Å²) in [5.74, 6) is 1.59. The van der Waals surface area contributed by atoms with Crippen molar-refractivity contribution < 1.29 is 4.74 Å². The van der Waals surface area contributed by atoms with Crippen LogP contribution in [0.25, 0.3) is 0 Å². The molecule has 0 unspecified atom stereocenters. The maximum atomic E-state index is 6.01. The first-order chi connectivity index (χ1) is 9.29. The average molecular weight is 261 g/mol. The number of likely N-dealkylation sites (tertiary alicyclic amines) is 1. The summed E-state index contributed by atoms with van der Waals surface area (Å²) in [6.45, 7) is 2.85. The molecule has 1 fully saturated rings. The van der Waals surface area contributed by atoms with Gasteiger partial charge in [-0.05, 0) is 43.4 Å². The highest BCUT2D eigenvalue weighted by molar-refractivity contribution is 5.78. The molecule has 0 aromatic heterocycles. The van der Waals surface area contributed by atoms with Crippen LogP contribution < -0.4 is 10.5 Å². The van der Waals surface area contributed by atoms with Gasteiger partial charge in [-0.15, -0.1) is 0 Å². The standard InChI is InChI=1S/C15H23N3O/c1-19-14-7-5-13(6-8-14)9-10-17-15(16)18-11-3-2-4-12-18/h5-8H,2-4,9-12H2,1H3,(H2,16,17). The lowest BCUT2D eigenvalue weighted by molar-refractivity contribution is 0.338. The van der Waals surface area contributed by atoms with Crippen molar-refractivity contribution in [3.63, 3.8) is 0 Å². The fraction of sp³-hybridized carbons (Fsp3) is 0.533. The Kier molecular flexibility index (Phi) is 5.07. The van der Waals surface area contributed by atoms with E-state index < -0.39 is 0 Å². The molecule has 1 aliphatic heterocycles. The van der Waals surface area contributed by atoms with Gasteiger partial charge in [0.15, 0.2) is 5.96 Å². The second kappa shape index (κ2) is 7.02. The SMILES string of the molecule is COc1ccc(CCN=C(N)N2CCCCC2)cc1. The smallest absolute Gasteiger partial charge is 0.191 e. The molecule has 0 atom stereocenters. The first-order valence-electron chi connectivity index (χ1n) is 6.97. The van der Waals surface area contributed by atoms with E-state index in [2.05, 4.69) is 22.0 Å². The maximum absolute atomic E-state index is 6.01. The van der Waals surface area contributed by atoms with Crippen molar-refractivity contribution in [1.29, 1.82) is 0 Å². The number of rotatable bonds is 4. The summed E-state index contributed by atoms with van der Waals surface area (Å²) in [7, 11) is 1.68. The minimum atomic E-state index is 0.702. The summed E-state index contributed by atoms with van der Waals surface area (Å²) in [5.41, 5.74) is 7.27. The van der Waals surface area contributed by atoms with Crippen LogP contribution in [0.4, 0.5) is 0 Å². The molecule has 0 radical (unpaired) electrons. The Bertz CT molecular complexity index is 408. The van der Waals surface area contributed by atoms with Crippen LogP contribution in [0.3, 0.4) is 0 Å². The van der Waals surface area contributed by atoms with Crippen LogP contribution in [0.15, 0.2) is 29.3 Å². The maximum Gasteiger partial charge on any atom is 0.191 e. The summed E-state index contributed by atoms with van der Waals surface area (Å²) < 4.78 is 5.14. The molecule has 1 aromatic rings. The number of guanidine groups is 1. The predicted octanol–water partition coefficient (Wildman–Crippen LogP) is 2.04. The fourth-order valence-electron chi connectivity index (χ4n) is 2.31. The summed E-state index contributed by atoms with van der Waals surface area (Å²) in [4.78, 5) is 6.67. The van der Waals surface area contributed by atoms with Gasteiger partial charge in [-0.2, -0.15) is 0 Å². The van der Waals surface area contributed by atoms with E-state index >= 15 is 0 Å². The molecule has 1 aliphatic rings. The number of aliphatic imine (C=N–C) groups is 1. The molecule has 0 saturated carbocycles. The molecule has 0 bridgehead atoms. The first kappa shape index (κ1) is 13.7. The second-order valence-corrected chi connectivity index (χ2v) is 4.89. The highest BCUT2D eigenvalue weighted by Crippen LogP contribution is 2.12. The largest absolute Gasteiger partial charge is 0.497 e. The van der Waals surface area contributed by atoms with Crippen molar-refractivity contribution in [2.75, 3.05) is 26.7 Å². The van der Waals surface area contributed by atoms with Crippen molar-refractivity contribution in [3.05, 3.63) is 29.8 Å². The van der Waals surface area contributed by atoms with Crippen LogP contribution in [0, 0.1) is 0 Å². The third-order valence-electron chi connectivity index (χ3n) is 3.51. The molecule has 0 amide bonds. The van der Waals surface area contributed by atoms with Gasteiger partial charge in [0.05, 0.1) is 7.11 Å². The summed E-state index contributed by atoms with van der Waals surface area (Å²) in [6.07, 6.45) is 4.69. The van der Waals surface area contributed by atoms with E-state index in [0.717, 1.165) is 31.8 Å². The third-order valence-corrected chi connectivity index (χ3v) is 3.51. The molecule has 1 saturated heterocycles. The molecule has 0 aliphatic carbocycles. The lowest BCUT2D eigenvalue weighted by Crippen LogP contribution is -2.41. The van der Waals surface area contributed by atoms with E-state index in [1.54, 1.807) is 7.11 Å². The zero-order valence-electron chi connectivity index (χ0n) is 11.6. The minimum Gasteiger partial charge on any atom is -0.497 e. The quantitative estimate of drug-likeness (QED) is 0.666. The van der Waals surface area contributed by atoms with Gasteiger partial charge in [0.25, 0.3) is 0 Å². The average Bonchev–Trinajstić information content (AvgIpc) is 2.49. The molecule has 19 heavy (non-hydrogen) atoms. The molecule has 104 valence electrons. The van der Waals surface area contributed by atoms with E-state index in [1.807, 2.05) is 12.1 Å². The number of nitrogens with two attached hydrogens (primary N) is 1. The van der Waals surface area contributed by atoms with E-state index in [-0.39, 0.29) is 0 Å². The Labute approximate surface area is 115 Å². The number of nitrogens with zero attached hydrogens (tertiary/aromatic N) is 2. The number of piperidine rings is 1. The Balaban J connectivity index is 1.80. The zero-order valence-corrected chi connectivity index (χ0v) is 11.6. The summed E-state index contributed by atoms with van der Waals surface area (Å²) in [5, 5.41) is 0. The summed E-state index contributed by atoms with van der Waals surface area (Å²) >= 11 is 0. The lowest BCUT2D eigenvalue weighted by Gasteiger charge is -2.27. The predicted molar refractivity (Wildman–Crippen MR) is 78.6 cm³/mol. The fourth-order valence-corrected chi connectivity index (χ4v) is 2.31. The number of ether oxygens (including phenoxy) is 1. The van der Waals surface area contributed by atoms with E-state index in [4.69, 9.17) is 10.5 Å². The van der Waals surface area contributed by atoms with Gasteiger partial charge >= 0.3 is 0 Å². The first-order valence-corrected chi connectivity index (χ1v) is 6.97. The van der Waals surface area contributed by atoms with Crippen molar-refractivity contribution in [2.45, 2.75) is 25.7 Å². The van der Waals surface area contributed by atoms with Crippen LogP contribution in [0.5, 0.6) is 5.75 Å². The van der Waals surface area contributed by atoms with Crippen molar-refractivity contribution in [1.82, 2.24) is 4.90 Å². The van der Waals surface area contributed by atoms with Gasteiger partial charge in [0.1, 0.15) is 5.75 Å². The minimum absolute atomic E-state index is 0.702. The Morgan fingerprint density at radius 2 is 1.89 bits per heavy atom. The number of hydrogen-bond donors (Lipinski definition) is 1. The summed E-state index contributed by atoms with van der Waals surface area (Å²) in [6, 6.07) is 8.11. The molecule has 4 heteroatoms. The molecular formula is C15H23N3O. The Morgan fingerprint density at radius 3 is 2.53 bits per heavy atom. The third kappa shape index (κ3) is 4.16. The molecule has 2 N–H and O–H groups in total. The molecule has 2 rings (SSSR count). The monoisotopic (exact) mass is 261 g/mol. The molecule has 0 spiro atoms. The van der Waals surface area contributed by atoms with Gasteiger partial charge in [-0.1, -0.05) is 12.1 Å². The van der Waals surface area contributed by atoms with Crippen molar-refractivity contribution in [3.8, 4) is 5.75 Å². The topological polar surface area (TPSA) is 50.9 Å². The van der Waals surface area contributed by atoms with Crippen LogP contribution in [0.2, 0.25) is 0 Å². The Morgan fingerprint density at radius 1 is 1.21 bits per heavy atom. The van der Waals surface area contributed by atoms with Crippen LogP contribution in [-0.2, 0) is 6.42 Å². The molecule has 4 nitrogen and oxygen atoms in total. The van der Waals surface area contributed by atoms with Crippen molar-refractivity contribution in [2.24, 2.45) is 10.7 Å². The number of hydrogen-bond acceptors (Lipinski definition) is 2. The lowest BCUT2D eigenvalue weighted by atomic mass is 10.1. The van der Waals surface area contributed by atoms with Gasteiger partial charge < -0.3 is 15.4 Å². The van der Waals surface area contributed by atoms with Crippen LogP contribution in [0.1, 0.15) is 24.8 Å². The normalized spacial score (nSPS) is 16.5. The van der Waals surface area contributed by atoms with E-state index in [1.165, 1.54) is 24.8 Å². The van der Waals surface area contributed by atoms with Crippen molar-refractivity contribution >= 4 is 5.96 Å². The van der Waals surface area contributed by atoms with Gasteiger partial charge in [-0.25, -0.2) is 0 Å². The molecule has 1 aromatic carbocycles. The number of methoxy groups -OCH3 is 1. The van der Waals surface area contributed by atoms with E-state index in [9.17, 15) is 0 Å². The van der Waals surface area contributed by atoms with Crippen LogP contribution >= 0.6 is 0 Å². The molecule has 1 heterocycles. The van der Waals surface area contributed by atoms with Gasteiger partial charge in [-0.3, -0.25) is 4.99 Å². The number of benzene rings is 1. The van der Waals surface area contributed by atoms with Crippen LogP contribution in [-0.4, -0.2) is 37.6 Å². The zero-order chi connectivity index (χ0) is 13.5. The Hall–Kier alpha value is -1.71.